The third kappa shape index (κ3) is 5.93. The first-order valence-corrected chi connectivity index (χ1v) is 15.0. The fourth-order valence-electron chi connectivity index (χ4n) is 6.40. The van der Waals surface area contributed by atoms with E-state index in [1.807, 2.05) is 12.1 Å². The quantitative estimate of drug-likeness (QED) is 0.274. The van der Waals surface area contributed by atoms with E-state index in [-0.39, 0.29) is 29.6 Å². The summed E-state index contributed by atoms with van der Waals surface area (Å²) in [6, 6.07) is 16.8. The van der Waals surface area contributed by atoms with Crippen LogP contribution < -0.4 is 0 Å². The van der Waals surface area contributed by atoms with Crippen molar-refractivity contribution in [2.24, 2.45) is 5.92 Å². The Morgan fingerprint density at radius 2 is 1.67 bits per heavy atom. The topological polar surface area (TPSA) is 79.3 Å². The first kappa shape index (κ1) is 31.5. The van der Waals surface area contributed by atoms with Crippen LogP contribution in [-0.2, 0) is 32.0 Å². The number of methoxy groups -OCH3 is 2. The third-order valence-electron chi connectivity index (χ3n) is 8.90. The first-order chi connectivity index (χ1) is 20.5. The Morgan fingerprint density at radius 1 is 1.07 bits per heavy atom. The zero-order valence-corrected chi connectivity index (χ0v) is 25.9. The minimum atomic E-state index is -1.57. The number of amides is 1. The number of carbonyl (C=O) groups excluding carboxylic acids is 2. The molecular weight excluding hydrogens is 593 g/mol. The van der Waals surface area contributed by atoms with Gasteiger partial charge in [-0.3, -0.25) is 14.5 Å². The third-order valence-corrected chi connectivity index (χ3v) is 9.40. The van der Waals surface area contributed by atoms with Gasteiger partial charge in [-0.15, -0.1) is 0 Å². The van der Waals surface area contributed by atoms with Gasteiger partial charge in [0.1, 0.15) is 13.7 Å². The molecule has 0 radical (unpaired) electrons. The number of rotatable bonds is 9. The van der Waals surface area contributed by atoms with Crippen molar-refractivity contribution in [1.82, 2.24) is 9.80 Å². The molecule has 11 heteroatoms. The van der Waals surface area contributed by atoms with Gasteiger partial charge in [0.05, 0.1) is 30.2 Å². The van der Waals surface area contributed by atoms with Crippen LogP contribution in [0, 0.1) is 11.7 Å². The highest BCUT2D eigenvalue weighted by atomic mass is 35.5. The van der Waals surface area contributed by atoms with E-state index in [0.717, 1.165) is 5.56 Å². The van der Waals surface area contributed by atoms with Crippen LogP contribution in [0.3, 0.4) is 0 Å². The molecule has 0 aliphatic carbocycles. The SMILES string of the molecule is B[C@@](O)(c1cc(F)c2c(c1)C(=O)N(Cc1ccc(Cl)cc1)[C@@]2(OC)c1ccc(Cl)cc1)C1CCN(CCC(=O)OC)CC1. The molecule has 226 valence electrons. The van der Waals surface area contributed by atoms with E-state index in [4.69, 9.17) is 32.7 Å². The van der Waals surface area contributed by atoms with Crippen molar-refractivity contribution in [3.63, 3.8) is 0 Å². The van der Waals surface area contributed by atoms with Gasteiger partial charge in [0.25, 0.3) is 5.91 Å². The maximum absolute atomic E-state index is 16.4. The molecule has 2 aliphatic heterocycles. The fourth-order valence-corrected chi connectivity index (χ4v) is 6.65. The maximum Gasteiger partial charge on any atom is 0.306 e. The van der Waals surface area contributed by atoms with Crippen molar-refractivity contribution >= 4 is 42.9 Å². The number of fused-ring (bicyclic) bond motifs is 1. The predicted octanol–water partition coefficient (Wildman–Crippen LogP) is 4.69. The molecule has 1 N–H and O–H groups in total. The van der Waals surface area contributed by atoms with Gasteiger partial charge in [-0.05, 0) is 79.4 Å². The van der Waals surface area contributed by atoms with Crippen molar-refractivity contribution in [2.75, 3.05) is 33.9 Å². The van der Waals surface area contributed by atoms with Gasteiger partial charge >= 0.3 is 5.97 Å². The highest BCUT2D eigenvalue weighted by molar-refractivity contribution is 6.30. The first-order valence-electron chi connectivity index (χ1n) is 14.2. The molecule has 3 aromatic rings. The highest BCUT2D eigenvalue weighted by Gasteiger charge is 2.54. The van der Waals surface area contributed by atoms with Crippen molar-refractivity contribution in [2.45, 2.75) is 37.0 Å². The van der Waals surface area contributed by atoms with E-state index < -0.39 is 22.9 Å². The molecular formula is C32H34BCl2FN2O5. The van der Waals surface area contributed by atoms with Crippen LogP contribution in [0.15, 0.2) is 60.7 Å². The molecule has 1 fully saturated rings. The van der Waals surface area contributed by atoms with Crippen molar-refractivity contribution < 1.29 is 28.6 Å². The van der Waals surface area contributed by atoms with Gasteiger partial charge in [0, 0.05) is 35.8 Å². The molecule has 0 spiro atoms. The molecule has 2 aliphatic rings. The second kappa shape index (κ2) is 12.6. The molecule has 0 bridgehead atoms. The monoisotopic (exact) mass is 626 g/mol. The second-order valence-corrected chi connectivity index (χ2v) is 12.2. The summed E-state index contributed by atoms with van der Waals surface area (Å²) in [5.41, 5.74) is -1.09. The van der Waals surface area contributed by atoms with Crippen molar-refractivity contribution in [3.8, 4) is 0 Å². The van der Waals surface area contributed by atoms with Crippen LogP contribution in [0.2, 0.25) is 10.0 Å². The van der Waals surface area contributed by atoms with Crippen LogP contribution in [0.4, 0.5) is 4.39 Å². The zero-order chi connectivity index (χ0) is 30.9. The fraction of sp³-hybridized carbons (Fsp3) is 0.375. The lowest BCUT2D eigenvalue weighted by Crippen LogP contribution is -2.46. The minimum absolute atomic E-state index is 0.0912. The van der Waals surface area contributed by atoms with Gasteiger partial charge in [-0.1, -0.05) is 47.5 Å². The maximum atomic E-state index is 16.4. The van der Waals surface area contributed by atoms with E-state index in [9.17, 15) is 14.7 Å². The van der Waals surface area contributed by atoms with Gasteiger partial charge in [-0.2, -0.15) is 0 Å². The average Bonchev–Trinajstić information content (AvgIpc) is 3.25. The number of nitrogens with zero attached hydrogens (tertiary/aromatic N) is 2. The smallest absolute Gasteiger partial charge is 0.306 e. The Kier molecular flexibility index (Phi) is 9.21. The summed E-state index contributed by atoms with van der Waals surface area (Å²) < 4.78 is 27.3. The number of benzene rings is 3. The number of esters is 1. The lowest BCUT2D eigenvalue weighted by molar-refractivity contribution is -0.141. The minimum Gasteiger partial charge on any atom is -0.469 e. The number of piperidine rings is 1. The molecule has 0 unspecified atom stereocenters. The Morgan fingerprint density at radius 3 is 2.26 bits per heavy atom. The molecule has 0 saturated carbocycles. The Balaban J connectivity index is 1.51. The zero-order valence-electron chi connectivity index (χ0n) is 24.4. The largest absolute Gasteiger partial charge is 0.469 e. The standard InChI is InChI=1S/C32H34BCl2FN2O5/c1-42-28(39)13-16-37-14-11-21(12-15-37)31(33,41)23-17-26-29(27(36)18-23)32(43-2,22-5-9-25(35)10-6-22)38(30(26)40)19-20-3-7-24(34)8-4-20/h3-10,17-18,21,41H,11-16,19,33H2,1-2H3/t31-,32+/m0/s1. The number of aliphatic hydroxyl groups is 1. The normalized spacial score (nSPS) is 20.6. The van der Waals surface area contributed by atoms with E-state index in [2.05, 4.69) is 4.90 Å². The summed E-state index contributed by atoms with van der Waals surface area (Å²) >= 11 is 12.3. The number of carbonyl (C=O) groups is 2. The Labute approximate surface area is 261 Å². The number of likely N-dealkylation sites (tertiary alicyclic amines) is 1. The molecule has 1 saturated heterocycles. The van der Waals surface area contributed by atoms with Gasteiger partial charge < -0.3 is 19.5 Å². The molecule has 0 aromatic heterocycles. The lowest BCUT2D eigenvalue weighted by Gasteiger charge is -2.40. The molecule has 2 heterocycles. The van der Waals surface area contributed by atoms with E-state index in [0.29, 0.717) is 60.1 Å². The predicted molar refractivity (Wildman–Crippen MR) is 165 cm³/mol. The van der Waals surface area contributed by atoms with Gasteiger partial charge in [0.15, 0.2) is 5.72 Å². The summed E-state index contributed by atoms with van der Waals surface area (Å²) in [6.07, 6.45) is 1.60. The molecule has 3 aromatic carbocycles. The van der Waals surface area contributed by atoms with Crippen LogP contribution in [-0.4, -0.2) is 68.5 Å². The van der Waals surface area contributed by atoms with Gasteiger partial charge in [-0.25, -0.2) is 4.39 Å². The van der Waals surface area contributed by atoms with E-state index >= 15 is 4.39 Å². The second-order valence-electron chi connectivity index (χ2n) is 11.3. The number of ether oxygens (including phenoxy) is 2. The Hall–Kier alpha value is -2.95. The summed E-state index contributed by atoms with van der Waals surface area (Å²) in [7, 11) is 4.50. The van der Waals surface area contributed by atoms with Crippen LogP contribution in [0.25, 0.3) is 0 Å². The number of hydrogen-bond acceptors (Lipinski definition) is 6. The van der Waals surface area contributed by atoms with Crippen LogP contribution in [0.5, 0.6) is 0 Å². The Bertz CT molecular complexity index is 1500. The molecule has 2 atom stereocenters. The molecule has 1 amide bonds. The van der Waals surface area contributed by atoms with Crippen molar-refractivity contribution in [3.05, 3.63) is 104 Å². The van der Waals surface area contributed by atoms with E-state index in [1.165, 1.54) is 25.2 Å². The van der Waals surface area contributed by atoms with Crippen molar-refractivity contribution in [1.29, 1.82) is 0 Å². The summed E-state index contributed by atoms with van der Waals surface area (Å²) in [5, 5.41) is 12.9. The summed E-state index contributed by atoms with van der Waals surface area (Å²) in [6.45, 7) is 2.07. The summed E-state index contributed by atoms with van der Waals surface area (Å²) in [5.74, 6) is -1.50. The van der Waals surface area contributed by atoms with E-state index in [1.54, 1.807) is 50.3 Å². The number of halogens is 3. The average molecular weight is 627 g/mol. The lowest BCUT2D eigenvalue weighted by atomic mass is 9.63. The van der Waals surface area contributed by atoms with Gasteiger partial charge in [0.2, 0.25) is 0 Å². The molecule has 5 rings (SSSR count). The molecule has 7 nitrogen and oxygen atoms in total. The molecule has 43 heavy (non-hydrogen) atoms. The van der Waals surface area contributed by atoms with Crippen LogP contribution >= 0.6 is 23.2 Å². The van der Waals surface area contributed by atoms with Crippen LogP contribution in [0.1, 0.15) is 51.9 Å². The summed E-state index contributed by atoms with van der Waals surface area (Å²) in [4.78, 5) is 29.4. The highest BCUT2D eigenvalue weighted by Crippen LogP contribution is 2.48. The number of hydrogen-bond donors (Lipinski definition) is 1.